The second-order valence-electron chi connectivity index (χ2n) is 6.08. The molecule has 1 N–H and O–H groups in total. The fourth-order valence-electron chi connectivity index (χ4n) is 3.52. The predicted octanol–water partition coefficient (Wildman–Crippen LogP) is 2.64. The van der Waals surface area contributed by atoms with Crippen molar-refractivity contribution in [1.82, 2.24) is 10.2 Å². The summed E-state index contributed by atoms with van der Waals surface area (Å²) >= 11 is 0. The van der Waals surface area contributed by atoms with Gasteiger partial charge in [0, 0.05) is 25.2 Å². The van der Waals surface area contributed by atoms with Gasteiger partial charge in [0.15, 0.2) is 0 Å². The summed E-state index contributed by atoms with van der Waals surface area (Å²) in [6, 6.07) is 1.60. The molecule has 2 nitrogen and oxygen atoms in total. The Labute approximate surface area is 101 Å². The largest absolute Gasteiger partial charge is 0.316 e. The highest BCUT2D eigenvalue weighted by atomic mass is 15.2. The third kappa shape index (κ3) is 2.43. The maximum atomic E-state index is 3.56. The van der Waals surface area contributed by atoms with Crippen LogP contribution in [-0.2, 0) is 0 Å². The molecule has 16 heavy (non-hydrogen) atoms. The van der Waals surface area contributed by atoms with Crippen LogP contribution in [0.3, 0.4) is 0 Å². The van der Waals surface area contributed by atoms with Crippen LogP contribution in [0.2, 0.25) is 0 Å². The van der Waals surface area contributed by atoms with E-state index in [1.54, 1.807) is 0 Å². The van der Waals surface area contributed by atoms with Gasteiger partial charge in [-0.25, -0.2) is 0 Å². The molecule has 0 aromatic rings. The highest BCUT2D eigenvalue weighted by Crippen LogP contribution is 2.34. The van der Waals surface area contributed by atoms with Crippen molar-refractivity contribution in [2.75, 3.05) is 19.6 Å². The van der Waals surface area contributed by atoms with Gasteiger partial charge in [0.1, 0.15) is 0 Å². The Morgan fingerprint density at radius 3 is 2.44 bits per heavy atom. The third-order valence-electron chi connectivity index (χ3n) is 4.98. The SMILES string of the molecule is CCC1(CN2C(C)CCCC2C)CCNC1. The minimum atomic E-state index is 0.569. The standard InChI is InChI=1S/C14H28N2/c1-4-14(8-9-15-10-14)11-16-12(2)6-5-7-13(16)3/h12-13,15H,4-11H2,1-3H3. The van der Waals surface area contributed by atoms with Crippen molar-refractivity contribution in [2.45, 2.75) is 65.0 Å². The zero-order valence-electron chi connectivity index (χ0n) is 11.3. The van der Waals surface area contributed by atoms with Crippen molar-refractivity contribution in [3.63, 3.8) is 0 Å². The molecule has 2 aliphatic rings. The zero-order chi connectivity index (χ0) is 11.6. The van der Waals surface area contributed by atoms with E-state index in [0.29, 0.717) is 5.41 Å². The first-order valence-corrected chi connectivity index (χ1v) is 7.13. The maximum Gasteiger partial charge on any atom is 0.00700 e. The summed E-state index contributed by atoms with van der Waals surface area (Å²) in [4.78, 5) is 2.78. The quantitative estimate of drug-likeness (QED) is 0.793. The Hall–Kier alpha value is -0.0800. The lowest BCUT2D eigenvalue weighted by atomic mass is 9.82. The fraction of sp³-hybridized carbons (Fsp3) is 1.00. The molecule has 2 saturated heterocycles. The molecule has 0 aromatic carbocycles. The third-order valence-corrected chi connectivity index (χ3v) is 4.98. The van der Waals surface area contributed by atoms with Gasteiger partial charge in [0.05, 0.1) is 0 Å². The van der Waals surface area contributed by atoms with E-state index in [9.17, 15) is 0 Å². The number of hydrogen-bond donors (Lipinski definition) is 1. The van der Waals surface area contributed by atoms with Crippen molar-refractivity contribution in [1.29, 1.82) is 0 Å². The molecule has 94 valence electrons. The monoisotopic (exact) mass is 224 g/mol. The van der Waals surface area contributed by atoms with Gasteiger partial charge in [0.25, 0.3) is 0 Å². The first-order chi connectivity index (χ1) is 7.67. The van der Waals surface area contributed by atoms with E-state index in [2.05, 4.69) is 31.0 Å². The molecule has 0 aromatic heterocycles. The lowest BCUT2D eigenvalue weighted by Crippen LogP contribution is -2.49. The van der Waals surface area contributed by atoms with E-state index in [0.717, 1.165) is 12.1 Å². The van der Waals surface area contributed by atoms with Gasteiger partial charge in [-0.1, -0.05) is 13.3 Å². The number of hydrogen-bond acceptors (Lipinski definition) is 2. The predicted molar refractivity (Wildman–Crippen MR) is 69.7 cm³/mol. The zero-order valence-corrected chi connectivity index (χ0v) is 11.3. The van der Waals surface area contributed by atoms with Crippen molar-refractivity contribution in [3.8, 4) is 0 Å². The number of likely N-dealkylation sites (tertiary alicyclic amines) is 1. The van der Waals surface area contributed by atoms with Crippen LogP contribution in [0.4, 0.5) is 0 Å². The van der Waals surface area contributed by atoms with Gasteiger partial charge < -0.3 is 5.32 Å². The molecule has 3 unspecified atom stereocenters. The van der Waals surface area contributed by atoms with Crippen molar-refractivity contribution >= 4 is 0 Å². The molecule has 2 rings (SSSR count). The molecule has 2 heterocycles. The summed E-state index contributed by atoms with van der Waals surface area (Å²) in [6.07, 6.45) is 6.93. The Balaban J connectivity index is 2.00. The number of nitrogens with one attached hydrogen (secondary N) is 1. The van der Waals surface area contributed by atoms with Gasteiger partial charge in [-0.15, -0.1) is 0 Å². The van der Waals surface area contributed by atoms with Crippen LogP contribution in [0, 0.1) is 5.41 Å². The van der Waals surface area contributed by atoms with Crippen LogP contribution in [0.15, 0.2) is 0 Å². The Bertz CT molecular complexity index is 211. The lowest BCUT2D eigenvalue weighted by molar-refractivity contribution is 0.0527. The summed E-state index contributed by atoms with van der Waals surface area (Å²) in [5.74, 6) is 0. The molecule has 0 radical (unpaired) electrons. The van der Waals surface area contributed by atoms with Gasteiger partial charge in [-0.05, 0) is 51.5 Å². The normalized spacial score (nSPS) is 41.4. The Kier molecular flexibility index (Phi) is 3.91. The molecule has 3 atom stereocenters. The van der Waals surface area contributed by atoms with Crippen molar-refractivity contribution in [2.24, 2.45) is 5.41 Å². The number of rotatable bonds is 3. The summed E-state index contributed by atoms with van der Waals surface area (Å²) < 4.78 is 0. The van der Waals surface area contributed by atoms with E-state index in [4.69, 9.17) is 0 Å². The Morgan fingerprint density at radius 2 is 1.94 bits per heavy atom. The van der Waals surface area contributed by atoms with Gasteiger partial charge in [-0.3, -0.25) is 4.90 Å². The highest BCUT2D eigenvalue weighted by Gasteiger charge is 2.37. The molecule has 0 bridgehead atoms. The topological polar surface area (TPSA) is 15.3 Å². The molecule has 2 heteroatoms. The highest BCUT2D eigenvalue weighted by molar-refractivity contribution is 4.92. The van der Waals surface area contributed by atoms with E-state index in [1.165, 1.54) is 51.7 Å². The molecule has 0 aliphatic carbocycles. The average Bonchev–Trinajstić information content (AvgIpc) is 2.73. The summed E-state index contributed by atoms with van der Waals surface area (Å²) in [5.41, 5.74) is 0.569. The van der Waals surface area contributed by atoms with E-state index in [1.807, 2.05) is 0 Å². The lowest BCUT2D eigenvalue weighted by Gasteiger charge is -2.44. The molecular formula is C14H28N2. The summed E-state index contributed by atoms with van der Waals surface area (Å²) in [7, 11) is 0. The second kappa shape index (κ2) is 5.05. The van der Waals surface area contributed by atoms with Crippen LogP contribution in [0.1, 0.15) is 52.9 Å². The molecule has 0 amide bonds. The maximum absolute atomic E-state index is 3.56. The molecule has 2 aliphatic heterocycles. The van der Waals surface area contributed by atoms with Crippen LogP contribution in [0.5, 0.6) is 0 Å². The van der Waals surface area contributed by atoms with Crippen LogP contribution >= 0.6 is 0 Å². The first kappa shape index (κ1) is 12.4. The Morgan fingerprint density at radius 1 is 1.25 bits per heavy atom. The second-order valence-corrected chi connectivity index (χ2v) is 6.08. The smallest absolute Gasteiger partial charge is 0.00700 e. The van der Waals surface area contributed by atoms with Crippen LogP contribution in [0.25, 0.3) is 0 Å². The molecular weight excluding hydrogens is 196 g/mol. The van der Waals surface area contributed by atoms with Gasteiger partial charge in [-0.2, -0.15) is 0 Å². The van der Waals surface area contributed by atoms with E-state index >= 15 is 0 Å². The number of piperidine rings is 1. The van der Waals surface area contributed by atoms with E-state index in [-0.39, 0.29) is 0 Å². The van der Waals surface area contributed by atoms with Crippen molar-refractivity contribution < 1.29 is 0 Å². The summed E-state index contributed by atoms with van der Waals surface area (Å²) in [5, 5.41) is 3.56. The minimum Gasteiger partial charge on any atom is -0.316 e. The first-order valence-electron chi connectivity index (χ1n) is 7.13. The summed E-state index contributed by atoms with van der Waals surface area (Å²) in [6.45, 7) is 11.0. The van der Waals surface area contributed by atoms with E-state index < -0.39 is 0 Å². The molecule has 2 fully saturated rings. The molecule has 0 spiro atoms. The van der Waals surface area contributed by atoms with Crippen molar-refractivity contribution in [3.05, 3.63) is 0 Å². The van der Waals surface area contributed by atoms with Crippen LogP contribution < -0.4 is 5.32 Å². The fourth-order valence-corrected chi connectivity index (χ4v) is 3.52. The average molecular weight is 224 g/mol. The molecule has 0 saturated carbocycles. The van der Waals surface area contributed by atoms with Gasteiger partial charge >= 0.3 is 0 Å². The van der Waals surface area contributed by atoms with Gasteiger partial charge in [0.2, 0.25) is 0 Å². The van der Waals surface area contributed by atoms with Crippen LogP contribution in [-0.4, -0.2) is 36.6 Å². The minimum absolute atomic E-state index is 0.569. The number of nitrogens with zero attached hydrogens (tertiary/aromatic N) is 1.